The topological polar surface area (TPSA) is 6.48 Å². The summed E-state index contributed by atoms with van der Waals surface area (Å²) >= 11 is 1.97. The molecule has 0 N–H and O–H groups in total. The molecule has 0 saturated carbocycles. The van der Waals surface area contributed by atoms with E-state index in [0.29, 0.717) is 0 Å². The Balaban J connectivity index is 1.20. The quantitative estimate of drug-likeness (QED) is 0.163. The Labute approximate surface area is 460 Å². The minimum Gasteiger partial charge on any atom is -0.311 e. The molecule has 3 heterocycles. The van der Waals surface area contributed by atoms with E-state index in [2.05, 4.69) is 237 Å². The number of aryl methyl sites for hydroxylation is 2. The number of thiophene rings is 1. The van der Waals surface area contributed by atoms with E-state index in [9.17, 15) is 0 Å². The summed E-state index contributed by atoms with van der Waals surface area (Å²) in [5.74, 6) is 0. The van der Waals surface area contributed by atoms with Gasteiger partial charge in [0.2, 0.25) is 0 Å². The highest BCUT2D eigenvalue weighted by atomic mass is 32.1. The molecule has 2 nitrogen and oxygen atoms in total. The fourth-order valence-corrected chi connectivity index (χ4v) is 16.2. The van der Waals surface area contributed by atoms with Crippen molar-refractivity contribution in [2.45, 2.75) is 194 Å². The maximum Gasteiger partial charge on any atom is 0.252 e. The monoisotopic (exact) mass is 1020 g/mol. The Morgan fingerprint density at radius 3 is 1.53 bits per heavy atom. The Morgan fingerprint density at radius 1 is 0.421 bits per heavy atom. The summed E-state index contributed by atoms with van der Waals surface area (Å²) in [5.41, 5.74) is 28.1. The van der Waals surface area contributed by atoms with Crippen molar-refractivity contribution < 1.29 is 0 Å². The molecule has 0 bridgehead atoms. The summed E-state index contributed by atoms with van der Waals surface area (Å²) in [6.07, 6.45) is 7.07. The first-order chi connectivity index (χ1) is 35.6. The third kappa shape index (κ3) is 7.30. The Morgan fingerprint density at radius 2 is 0.921 bits per heavy atom. The predicted molar refractivity (Wildman–Crippen MR) is 333 cm³/mol. The van der Waals surface area contributed by atoms with Crippen LogP contribution in [0.4, 0.5) is 34.1 Å². The van der Waals surface area contributed by atoms with E-state index in [4.69, 9.17) is 0 Å². The zero-order chi connectivity index (χ0) is 53.8. The highest BCUT2D eigenvalue weighted by molar-refractivity contribution is 7.26. The van der Waals surface area contributed by atoms with Crippen LogP contribution in [-0.4, -0.2) is 6.71 Å². The molecular weight excluding hydrogens is 936 g/mol. The van der Waals surface area contributed by atoms with E-state index in [0.717, 1.165) is 0 Å². The third-order valence-electron chi connectivity index (χ3n) is 20.5. The van der Waals surface area contributed by atoms with E-state index in [-0.39, 0.29) is 44.6 Å². The first-order valence-electron chi connectivity index (χ1n) is 28.9. The lowest BCUT2D eigenvalue weighted by atomic mass is 9.33. The Kier molecular flexibility index (Phi) is 10.5. The molecule has 8 aromatic rings. The van der Waals surface area contributed by atoms with Crippen LogP contribution in [0.3, 0.4) is 0 Å². The fourth-order valence-electron chi connectivity index (χ4n) is 15.0. The number of hydrogen-bond acceptors (Lipinski definition) is 3. The smallest absolute Gasteiger partial charge is 0.252 e. The number of nitrogens with zero attached hydrogens (tertiary/aromatic N) is 2. The van der Waals surface area contributed by atoms with Gasteiger partial charge in [0.1, 0.15) is 0 Å². The highest BCUT2D eigenvalue weighted by Gasteiger charge is 2.49. The molecule has 7 aromatic carbocycles. The van der Waals surface area contributed by atoms with Gasteiger partial charge in [0.25, 0.3) is 6.71 Å². The first-order valence-corrected chi connectivity index (χ1v) is 29.7. The van der Waals surface area contributed by atoms with Crippen LogP contribution in [0.5, 0.6) is 0 Å². The summed E-state index contributed by atoms with van der Waals surface area (Å²) in [7, 11) is 0. The number of hydrogen-bond donors (Lipinski definition) is 0. The van der Waals surface area contributed by atoms with Gasteiger partial charge >= 0.3 is 0 Å². The lowest BCUT2D eigenvalue weighted by Gasteiger charge is -2.48. The van der Waals surface area contributed by atoms with Crippen LogP contribution in [0.1, 0.15) is 192 Å². The zero-order valence-corrected chi connectivity index (χ0v) is 49.8. The lowest BCUT2D eigenvalue weighted by molar-refractivity contribution is 0.332. The van der Waals surface area contributed by atoms with E-state index in [1.165, 1.54) is 170 Å². The van der Waals surface area contributed by atoms with Crippen LogP contribution < -0.4 is 26.2 Å². The molecule has 388 valence electrons. The average molecular weight is 1020 g/mol. The van der Waals surface area contributed by atoms with Gasteiger partial charge in [0.05, 0.1) is 0 Å². The standard InChI is InChI=1S/C72H81BN2S/c1-42-20-18-19-21-47(42)44-33-61-65-62(34-44)75(58-39-54-51(32-43(58)2)68(8,9)28-30-71(54,14)15)60-41-64-49(48-24-22-45(66(3,4)5)35-63(48)76-64)37-56(60)73(65)57-38-53-55(72(16,17)31-29-70(53,12)13)40-59(57)74(61)46-23-25-50-52(36-46)69(10,11)27-26-67(50,6)7/h18-25,32-41H,26-31H2,1-17H3. The van der Waals surface area contributed by atoms with Crippen LogP contribution in [0, 0.1) is 13.8 Å². The van der Waals surface area contributed by atoms with Crippen molar-refractivity contribution >= 4 is 88.7 Å². The van der Waals surface area contributed by atoms with Crippen LogP contribution in [-0.2, 0) is 37.9 Å². The lowest BCUT2D eigenvalue weighted by Crippen LogP contribution is -2.62. The Bertz CT molecular complexity index is 3810. The molecule has 1 aromatic heterocycles. The summed E-state index contributed by atoms with van der Waals surface area (Å²) in [4.78, 5) is 5.51. The van der Waals surface area contributed by atoms with Gasteiger partial charge in [-0.3, -0.25) is 0 Å². The second-order valence-corrected chi connectivity index (χ2v) is 30.6. The minimum atomic E-state index is -0.00549. The normalized spacial score (nSPS) is 19.9. The third-order valence-corrected chi connectivity index (χ3v) is 21.6. The van der Waals surface area contributed by atoms with Crippen molar-refractivity contribution in [3.63, 3.8) is 0 Å². The molecule has 5 aliphatic rings. The van der Waals surface area contributed by atoms with Crippen molar-refractivity contribution in [3.05, 3.63) is 159 Å². The van der Waals surface area contributed by atoms with Gasteiger partial charge in [0, 0.05) is 48.9 Å². The van der Waals surface area contributed by atoms with Crippen molar-refractivity contribution in [1.29, 1.82) is 0 Å². The van der Waals surface area contributed by atoms with Gasteiger partial charge in [-0.2, -0.15) is 0 Å². The Hall–Kier alpha value is -5.58. The van der Waals surface area contributed by atoms with Crippen molar-refractivity contribution in [3.8, 4) is 11.1 Å². The SMILES string of the molecule is Cc1ccccc1-c1cc2c3c(c1)N(c1cc4c(cc1C)C(C)(C)CCC4(C)C)c1cc4sc5cc(C(C)(C)C)ccc5c4cc1B3c1cc3c(cc1N2c1ccc2c(c1)C(C)(C)CCC2(C)C)C(C)(C)CCC3(C)C. The van der Waals surface area contributed by atoms with Crippen molar-refractivity contribution in [2.75, 3.05) is 9.80 Å². The maximum absolute atomic E-state index is 2.76. The molecule has 0 unspecified atom stereocenters. The van der Waals surface area contributed by atoms with E-state index in [1.54, 1.807) is 0 Å². The average Bonchev–Trinajstić information content (AvgIpc) is 3.82. The highest BCUT2D eigenvalue weighted by Crippen LogP contribution is 2.56. The fraction of sp³-hybridized carbons (Fsp3) is 0.417. The number of anilines is 6. The van der Waals surface area contributed by atoms with E-state index in [1.807, 2.05) is 11.3 Å². The maximum atomic E-state index is 2.76. The summed E-state index contributed by atoms with van der Waals surface area (Å²) < 4.78 is 2.73. The van der Waals surface area contributed by atoms with Gasteiger partial charge in [-0.15, -0.1) is 11.3 Å². The second-order valence-electron chi connectivity index (χ2n) is 29.5. The molecule has 4 heteroatoms. The number of fused-ring (bicyclic) bond motifs is 10. The summed E-state index contributed by atoms with van der Waals surface area (Å²) in [6.45, 7) is 41.6. The zero-order valence-electron chi connectivity index (χ0n) is 49.0. The van der Waals surface area contributed by atoms with E-state index >= 15 is 0 Å². The van der Waals surface area contributed by atoms with Crippen LogP contribution >= 0.6 is 11.3 Å². The molecule has 2 aliphatic heterocycles. The molecule has 3 aliphatic carbocycles. The summed E-state index contributed by atoms with van der Waals surface area (Å²) in [5, 5.41) is 2.73. The van der Waals surface area contributed by atoms with Gasteiger partial charge in [-0.1, -0.05) is 165 Å². The van der Waals surface area contributed by atoms with Crippen LogP contribution in [0.2, 0.25) is 0 Å². The molecule has 0 spiro atoms. The second kappa shape index (κ2) is 16.0. The first kappa shape index (κ1) is 50.0. The molecule has 0 atom stereocenters. The van der Waals surface area contributed by atoms with Crippen molar-refractivity contribution in [2.24, 2.45) is 0 Å². The molecule has 0 amide bonds. The molecular formula is C72H81BN2S. The van der Waals surface area contributed by atoms with Gasteiger partial charge in [0.15, 0.2) is 0 Å². The number of rotatable bonds is 3. The molecule has 76 heavy (non-hydrogen) atoms. The molecule has 0 saturated heterocycles. The van der Waals surface area contributed by atoms with Crippen molar-refractivity contribution in [1.82, 2.24) is 0 Å². The van der Waals surface area contributed by atoms with Crippen LogP contribution in [0.15, 0.2) is 109 Å². The summed E-state index contributed by atoms with van der Waals surface area (Å²) in [6, 6.07) is 45.2. The number of benzene rings is 7. The molecule has 0 fully saturated rings. The largest absolute Gasteiger partial charge is 0.311 e. The minimum absolute atomic E-state index is 0.00549. The molecule has 0 radical (unpaired) electrons. The van der Waals surface area contributed by atoms with Gasteiger partial charge < -0.3 is 9.80 Å². The van der Waals surface area contributed by atoms with E-state index < -0.39 is 0 Å². The van der Waals surface area contributed by atoms with Crippen LogP contribution in [0.25, 0.3) is 31.3 Å². The van der Waals surface area contributed by atoms with Gasteiger partial charge in [-0.05, 0) is 222 Å². The molecule has 13 rings (SSSR count). The van der Waals surface area contributed by atoms with Gasteiger partial charge in [-0.25, -0.2) is 0 Å². The predicted octanol–water partition coefficient (Wildman–Crippen LogP) is 18.8.